The van der Waals surface area contributed by atoms with Gasteiger partial charge in [-0.1, -0.05) is 13.8 Å². The Labute approximate surface area is 97.7 Å². The van der Waals surface area contributed by atoms with Crippen molar-refractivity contribution in [2.24, 2.45) is 5.41 Å². The van der Waals surface area contributed by atoms with E-state index in [-0.39, 0.29) is 12.0 Å². The maximum Gasteiger partial charge on any atom is 0.0521 e. The first-order valence-electron chi connectivity index (χ1n) is 5.97. The molecule has 16 heavy (non-hydrogen) atoms. The average Bonchev–Trinajstić information content (AvgIpc) is 2.76. The number of hydrogen-bond acceptors (Lipinski definition) is 3. The van der Waals surface area contributed by atoms with Crippen LogP contribution in [0.1, 0.15) is 32.9 Å². The fourth-order valence-electron chi connectivity index (χ4n) is 1.58. The molecule has 1 aromatic rings. The van der Waals surface area contributed by atoms with Crippen molar-refractivity contribution in [1.29, 1.82) is 0 Å². The van der Waals surface area contributed by atoms with Gasteiger partial charge < -0.3 is 10.4 Å². The predicted molar refractivity (Wildman–Crippen MR) is 65.1 cm³/mol. The van der Waals surface area contributed by atoms with Gasteiger partial charge in [-0.15, -0.1) is 0 Å². The van der Waals surface area contributed by atoms with Crippen molar-refractivity contribution < 1.29 is 5.11 Å². The zero-order valence-electron chi connectivity index (χ0n) is 10.5. The van der Waals surface area contributed by atoms with E-state index in [4.69, 9.17) is 0 Å². The lowest BCUT2D eigenvalue weighted by Crippen LogP contribution is -2.34. The summed E-state index contributed by atoms with van der Waals surface area (Å²) in [6, 6.07) is 2.03. The van der Waals surface area contributed by atoms with Crippen LogP contribution in [0.5, 0.6) is 0 Å². The van der Waals surface area contributed by atoms with Gasteiger partial charge in [-0.2, -0.15) is 5.10 Å². The molecule has 0 aromatic carbocycles. The second-order valence-electron chi connectivity index (χ2n) is 4.56. The summed E-state index contributed by atoms with van der Waals surface area (Å²) < 4.78 is 1.98. The highest BCUT2D eigenvalue weighted by Gasteiger charge is 2.20. The van der Waals surface area contributed by atoms with E-state index in [1.807, 2.05) is 16.9 Å². The minimum absolute atomic E-state index is 0.0168. The Hall–Kier alpha value is -0.870. The number of hydrogen-bond donors (Lipinski definition) is 2. The normalized spacial score (nSPS) is 15.0. The van der Waals surface area contributed by atoms with Gasteiger partial charge in [-0.05, 0) is 19.4 Å². The van der Waals surface area contributed by atoms with Crippen LogP contribution in [0.2, 0.25) is 0 Å². The van der Waals surface area contributed by atoms with E-state index in [9.17, 15) is 5.11 Å². The minimum atomic E-state index is -0.0168. The second-order valence-corrected chi connectivity index (χ2v) is 4.56. The molecule has 0 bridgehead atoms. The molecule has 2 N–H and O–H groups in total. The first kappa shape index (κ1) is 13.2. The average molecular weight is 225 g/mol. The highest BCUT2D eigenvalue weighted by atomic mass is 16.3. The molecule has 4 nitrogen and oxygen atoms in total. The van der Waals surface area contributed by atoms with Crippen LogP contribution in [0.15, 0.2) is 12.3 Å². The molecular formula is C12H23N3O. The molecule has 1 heterocycles. The fraction of sp³-hybridized carbons (Fsp3) is 0.750. The number of aliphatic hydroxyl groups is 1. The van der Waals surface area contributed by atoms with E-state index < -0.39 is 0 Å². The SMILES string of the molecule is CCn1nccc1CNCC(C)(CC)CO. The highest BCUT2D eigenvalue weighted by molar-refractivity contribution is 5.00. The Morgan fingerprint density at radius 2 is 2.25 bits per heavy atom. The lowest BCUT2D eigenvalue weighted by molar-refractivity contribution is 0.135. The first-order chi connectivity index (χ1) is 7.65. The molecule has 0 radical (unpaired) electrons. The molecule has 0 saturated carbocycles. The molecule has 1 aromatic heterocycles. The monoisotopic (exact) mass is 225 g/mol. The van der Waals surface area contributed by atoms with E-state index in [2.05, 4.69) is 31.2 Å². The summed E-state index contributed by atoms with van der Waals surface area (Å²) in [5, 5.41) is 16.9. The second kappa shape index (κ2) is 6.01. The Morgan fingerprint density at radius 3 is 2.81 bits per heavy atom. The van der Waals surface area contributed by atoms with Crippen molar-refractivity contribution >= 4 is 0 Å². The summed E-state index contributed by atoms with van der Waals surface area (Å²) in [7, 11) is 0. The number of nitrogens with zero attached hydrogens (tertiary/aromatic N) is 2. The molecule has 0 fully saturated rings. The zero-order valence-corrected chi connectivity index (χ0v) is 10.5. The number of rotatable bonds is 7. The van der Waals surface area contributed by atoms with Gasteiger partial charge in [0.2, 0.25) is 0 Å². The topological polar surface area (TPSA) is 50.1 Å². The molecule has 1 unspecified atom stereocenters. The molecule has 4 heteroatoms. The largest absolute Gasteiger partial charge is 0.396 e. The van der Waals surface area contributed by atoms with Crippen LogP contribution in [0.4, 0.5) is 0 Å². The summed E-state index contributed by atoms with van der Waals surface area (Å²) in [6.07, 6.45) is 2.80. The third kappa shape index (κ3) is 3.32. The van der Waals surface area contributed by atoms with E-state index in [1.165, 1.54) is 5.69 Å². The molecule has 0 saturated heterocycles. The van der Waals surface area contributed by atoms with Gasteiger partial charge in [-0.3, -0.25) is 4.68 Å². The van der Waals surface area contributed by atoms with Crippen LogP contribution in [0.25, 0.3) is 0 Å². The van der Waals surface area contributed by atoms with Gasteiger partial charge in [-0.25, -0.2) is 0 Å². The van der Waals surface area contributed by atoms with E-state index in [0.717, 1.165) is 26.1 Å². The zero-order chi connectivity index (χ0) is 12.0. The lowest BCUT2D eigenvalue weighted by Gasteiger charge is -2.25. The standard InChI is InChI=1S/C12H23N3O/c1-4-12(3,10-16)9-13-8-11-6-7-14-15(11)5-2/h6-7,13,16H,4-5,8-10H2,1-3H3. The number of aryl methyl sites for hydroxylation is 1. The Kier molecular flexibility index (Phi) is 4.96. The highest BCUT2D eigenvalue weighted by Crippen LogP contribution is 2.18. The lowest BCUT2D eigenvalue weighted by atomic mass is 9.89. The Morgan fingerprint density at radius 1 is 1.50 bits per heavy atom. The predicted octanol–water partition coefficient (Wildman–Crippen LogP) is 1.40. The minimum Gasteiger partial charge on any atom is -0.396 e. The van der Waals surface area contributed by atoms with Gasteiger partial charge in [0, 0.05) is 37.9 Å². The van der Waals surface area contributed by atoms with Crippen LogP contribution in [0, 0.1) is 5.41 Å². The quantitative estimate of drug-likeness (QED) is 0.737. The maximum absolute atomic E-state index is 9.29. The van der Waals surface area contributed by atoms with Gasteiger partial charge in [0.05, 0.1) is 5.69 Å². The van der Waals surface area contributed by atoms with Crippen molar-refractivity contribution in [3.05, 3.63) is 18.0 Å². The summed E-state index contributed by atoms with van der Waals surface area (Å²) in [5.74, 6) is 0. The first-order valence-corrected chi connectivity index (χ1v) is 5.97. The van der Waals surface area contributed by atoms with E-state index >= 15 is 0 Å². The molecule has 92 valence electrons. The van der Waals surface area contributed by atoms with Gasteiger partial charge in [0.1, 0.15) is 0 Å². The van der Waals surface area contributed by atoms with E-state index in [1.54, 1.807) is 0 Å². The molecular weight excluding hydrogens is 202 g/mol. The van der Waals surface area contributed by atoms with Crippen molar-refractivity contribution in [2.75, 3.05) is 13.2 Å². The number of nitrogens with one attached hydrogen (secondary N) is 1. The summed E-state index contributed by atoms with van der Waals surface area (Å²) in [6.45, 7) is 9.04. The third-order valence-electron chi connectivity index (χ3n) is 3.20. The molecule has 0 aliphatic heterocycles. The summed E-state index contributed by atoms with van der Waals surface area (Å²) in [5.41, 5.74) is 1.18. The van der Waals surface area contributed by atoms with Gasteiger partial charge >= 0.3 is 0 Å². The molecule has 1 atom stereocenters. The Bertz CT molecular complexity index is 305. The van der Waals surface area contributed by atoms with Crippen molar-refractivity contribution in [1.82, 2.24) is 15.1 Å². The molecule has 0 spiro atoms. The van der Waals surface area contributed by atoms with Crippen LogP contribution >= 0.6 is 0 Å². The summed E-state index contributed by atoms with van der Waals surface area (Å²) >= 11 is 0. The maximum atomic E-state index is 9.29. The molecule has 0 amide bonds. The van der Waals surface area contributed by atoms with Crippen molar-refractivity contribution in [3.63, 3.8) is 0 Å². The van der Waals surface area contributed by atoms with Gasteiger partial charge in [0.15, 0.2) is 0 Å². The van der Waals surface area contributed by atoms with E-state index in [0.29, 0.717) is 0 Å². The molecule has 1 rings (SSSR count). The fourth-order valence-corrected chi connectivity index (χ4v) is 1.58. The molecule has 0 aliphatic carbocycles. The molecule has 0 aliphatic rings. The number of aliphatic hydroxyl groups excluding tert-OH is 1. The number of aromatic nitrogens is 2. The van der Waals surface area contributed by atoms with Crippen molar-refractivity contribution in [3.8, 4) is 0 Å². The van der Waals surface area contributed by atoms with Gasteiger partial charge in [0.25, 0.3) is 0 Å². The smallest absolute Gasteiger partial charge is 0.0521 e. The van der Waals surface area contributed by atoms with Crippen LogP contribution in [-0.2, 0) is 13.1 Å². The van der Waals surface area contributed by atoms with Crippen LogP contribution in [-0.4, -0.2) is 28.0 Å². The van der Waals surface area contributed by atoms with Crippen molar-refractivity contribution in [2.45, 2.75) is 40.3 Å². The van der Waals surface area contributed by atoms with Crippen LogP contribution < -0.4 is 5.32 Å². The Balaban J connectivity index is 2.41. The van der Waals surface area contributed by atoms with Crippen LogP contribution in [0.3, 0.4) is 0 Å². The third-order valence-corrected chi connectivity index (χ3v) is 3.20. The summed E-state index contributed by atoms with van der Waals surface area (Å²) in [4.78, 5) is 0.